The molecular formula is C13H15N2O3+. The summed E-state index contributed by atoms with van der Waals surface area (Å²) in [5.41, 5.74) is 0.440. The minimum absolute atomic E-state index is 0.0566. The average molecular weight is 247 g/mol. The Morgan fingerprint density at radius 1 is 1.44 bits per heavy atom. The number of rotatable bonds is 4. The van der Waals surface area contributed by atoms with Crippen molar-refractivity contribution in [1.82, 2.24) is 0 Å². The summed E-state index contributed by atoms with van der Waals surface area (Å²) in [5, 5.41) is 19.0. The predicted octanol–water partition coefficient (Wildman–Crippen LogP) is 3.11. The van der Waals surface area contributed by atoms with Gasteiger partial charge in [0.1, 0.15) is 0 Å². The fourth-order valence-corrected chi connectivity index (χ4v) is 1.54. The first-order valence-corrected chi connectivity index (χ1v) is 5.61. The molecule has 0 heterocycles. The first-order chi connectivity index (χ1) is 8.60. The van der Waals surface area contributed by atoms with Gasteiger partial charge in [0.25, 0.3) is 0 Å². The third kappa shape index (κ3) is 3.32. The number of carbonyl (C=O) groups excluding carboxylic acids is 1. The normalized spacial score (nSPS) is 13.2. The summed E-state index contributed by atoms with van der Waals surface area (Å²) >= 11 is 0. The number of aliphatic hydroxyl groups excluding tert-OH is 1. The Labute approximate surface area is 105 Å². The molecule has 0 bridgehead atoms. The topological polar surface area (TPSA) is 74.7 Å². The van der Waals surface area contributed by atoms with Gasteiger partial charge in [0.15, 0.2) is 4.98 Å². The average Bonchev–Trinajstić information content (AvgIpc) is 2.38. The van der Waals surface area contributed by atoms with Crippen LogP contribution in [0.2, 0.25) is 0 Å². The van der Waals surface area contributed by atoms with E-state index in [9.17, 15) is 9.90 Å². The van der Waals surface area contributed by atoms with E-state index in [2.05, 4.69) is 4.98 Å². The van der Waals surface area contributed by atoms with Gasteiger partial charge in [-0.15, -0.1) is 0 Å². The van der Waals surface area contributed by atoms with Gasteiger partial charge in [-0.3, -0.25) is 4.79 Å². The Balaban J connectivity index is 3.14. The van der Waals surface area contributed by atoms with Crippen LogP contribution in [0.15, 0.2) is 36.0 Å². The minimum Gasteiger partial charge on any atom is -0.501 e. The second kappa shape index (κ2) is 6.40. The van der Waals surface area contributed by atoms with Crippen molar-refractivity contribution in [2.45, 2.75) is 26.4 Å². The zero-order chi connectivity index (χ0) is 13.5. The lowest BCUT2D eigenvalue weighted by Crippen LogP contribution is -2.17. The Kier molecular flexibility index (Phi) is 4.88. The predicted molar refractivity (Wildman–Crippen MR) is 66.9 cm³/mol. The second-order valence-corrected chi connectivity index (χ2v) is 3.71. The molecule has 5 nitrogen and oxygen atoms in total. The van der Waals surface area contributed by atoms with Crippen molar-refractivity contribution in [2.24, 2.45) is 0 Å². The highest BCUT2D eigenvalue weighted by Gasteiger charge is 2.32. The molecule has 0 aliphatic heterocycles. The minimum atomic E-state index is -0.771. The van der Waals surface area contributed by atoms with Crippen LogP contribution in [-0.4, -0.2) is 17.2 Å². The van der Waals surface area contributed by atoms with Crippen molar-refractivity contribution >= 4 is 11.7 Å². The second-order valence-electron chi connectivity index (χ2n) is 3.71. The highest BCUT2D eigenvalue weighted by atomic mass is 16.5. The zero-order valence-electron chi connectivity index (χ0n) is 10.3. The molecule has 1 aromatic carbocycles. The summed E-state index contributed by atoms with van der Waals surface area (Å²) in [6.07, 6.45) is -0.372. The molecule has 1 aromatic rings. The molecule has 1 unspecified atom stereocenters. The lowest BCUT2D eigenvalue weighted by Gasteiger charge is -2.08. The maximum atomic E-state index is 10.9. The van der Waals surface area contributed by atoms with Gasteiger partial charge < -0.3 is 9.84 Å². The fraction of sp³-hybridized carbons (Fsp3) is 0.308. The molecule has 1 N–H and O–H groups in total. The number of diazo groups is 1. The summed E-state index contributed by atoms with van der Waals surface area (Å²) in [4.78, 5) is 14.0. The van der Waals surface area contributed by atoms with Gasteiger partial charge in [-0.1, -0.05) is 37.3 Å². The number of hydrogen-bond acceptors (Lipinski definition) is 4. The molecule has 0 amide bonds. The van der Waals surface area contributed by atoms with Crippen molar-refractivity contribution < 1.29 is 14.6 Å². The SMILES string of the molecule is CCC(OC(C)=O)/C([N+]#N)=C(\O)c1ccccc1. The first kappa shape index (κ1) is 13.7. The van der Waals surface area contributed by atoms with Gasteiger partial charge in [0.2, 0.25) is 17.3 Å². The molecular weight excluding hydrogens is 232 g/mol. The van der Waals surface area contributed by atoms with E-state index < -0.39 is 12.1 Å². The number of ether oxygens (including phenoxy) is 1. The van der Waals surface area contributed by atoms with Gasteiger partial charge in [-0.05, 0) is 6.42 Å². The quantitative estimate of drug-likeness (QED) is 0.504. The Morgan fingerprint density at radius 3 is 2.50 bits per heavy atom. The Morgan fingerprint density at radius 2 is 2.06 bits per heavy atom. The Bertz CT molecular complexity index is 489. The largest absolute Gasteiger partial charge is 0.501 e. The van der Waals surface area contributed by atoms with Gasteiger partial charge in [0, 0.05) is 12.5 Å². The molecule has 0 aliphatic carbocycles. The molecule has 0 saturated carbocycles. The zero-order valence-corrected chi connectivity index (χ0v) is 10.3. The summed E-state index contributed by atoms with van der Waals surface area (Å²) in [6.45, 7) is 3.02. The number of esters is 1. The van der Waals surface area contributed by atoms with E-state index in [0.717, 1.165) is 0 Å². The molecule has 5 heteroatoms. The number of aliphatic hydroxyl groups is 1. The summed E-state index contributed by atoms with van der Waals surface area (Å²) in [6, 6.07) is 8.62. The van der Waals surface area contributed by atoms with Crippen LogP contribution in [-0.2, 0) is 9.53 Å². The van der Waals surface area contributed by atoms with E-state index in [1.165, 1.54) is 6.92 Å². The lowest BCUT2D eigenvalue weighted by molar-refractivity contribution is -0.144. The lowest BCUT2D eigenvalue weighted by atomic mass is 10.1. The summed E-state index contributed by atoms with van der Waals surface area (Å²) in [5.74, 6) is -0.699. The monoisotopic (exact) mass is 247 g/mol. The van der Waals surface area contributed by atoms with Crippen molar-refractivity contribution in [3.8, 4) is 0 Å². The van der Waals surface area contributed by atoms with Crippen LogP contribution in [0.4, 0.5) is 0 Å². The van der Waals surface area contributed by atoms with Crippen molar-refractivity contribution in [2.75, 3.05) is 0 Å². The molecule has 1 atom stereocenters. The van der Waals surface area contributed by atoms with E-state index in [1.807, 2.05) is 0 Å². The van der Waals surface area contributed by atoms with E-state index in [-0.39, 0.29) is 11.5 Å². The molecule has 0 radical (unpaired) electrons. The highest BCUT2D eigenvalue weighted by molar-refractivity contribution is 5.68. The van der Waals surface area contributed by atoms with Crippen LogP contribution in [0.3, 0.4) is 0 Å². The summed E-state index contributed by atoms with van der Waals surface area (Å²) < 4.78 is 4.98. The van der Waals surface area contributed by atoms with Gasteiger partial charge in [-0.25, -0.2) is 0 Å². The van der Waals surface area contributed by atoms with E-state index in [0.29, 0.717) is 12.0 Å². The van der Waals surface area contributed by atoms with E-state index in [1.54, 1.807) is 37.3 Å². The number of nitrogens with zero attached hydrogens (tertiary/aromatic N) is 2. The van der Waals surface area contributed by atoms with Gasteiger partial charge in [0.05, 0.1) is 0 Å². The standard InChI is InChI=1S/C13H14N2O3/c1-3-11(18-9(2)16)12(15-14)13(17)10-7-5-4-6-8-10/h4-8,11H,3H2,1-2H3/p+1/b13-12+. The summed E-state index contributed by atoms with van der Waals surface area (Å²) in [7, 11) is 0. The smallest absolute Gasteiger partial charge is 0.443 e. The maximum absolute atomic E-state index is 10.9. The number of hydrogen-bond donors (Lipinski definition) is 1. The molecule has 0 saturated heterocycles. The van der Waals surface area contributed by atoms with Crippen molar-refractivity contribution in [3.63, 3.8) is 0 Å². The van der Waals surface area contributed by atoms with Crippen LogP contribution < -0.4 is 0 Å². The third-order valence-electron chi connectivity index (χ3n) is 2.38. The van der Waals surface area contributed by atoms with Crippen molar-refractivity contribution in [1.29, 1.82) is 5.39 Å². The third-order valence-corrected chi connectivity index (χ3v) is 2.38. The molecule has 94 valence electrons. The van der Waals surface area contributed by atoms with Crippen LogP contribution in [0, 0.1) is 5.39 Å². The first-order valence-electron chi connectivity index (χ1n) is 5.61. The van der Waals surface area contributed by atoms with Gasteiger partial charge in [-0.2, -0.15) is 0 Å². The highest BCUT2D eigenvalue weighted by Crippen LogP contribution is 2.22. The van der Waals surface area contributed by atoms with Crippen LogP contribution in [0.25, 0.3) is 10.7 Å². The molecule has 18 heavy (non-hydrogen) atoms. The number of carbonyl (C=O) groups is 1. The fourth-order valence-electron chi connectivity index (χ4n) is 1.54. The van der Waals surface area contributed by atoms with Crippen LogP contribution >= 0.6 is 0 Å². The van der Waals surface area contributed by atoms with Crippen LogP contribution in [0.5, 0.6) is 0 Å². The van der Waals surface area contributed by atoms with Gasteiger partial charge >= 0.3 is 11.7 Å². The van der Waals surface area contributed by atoms with Crippen LogP contribution in [0.1, 0.15) is 25.8 Å². The van der Waals surface area contributed by atoms with Crippen molar-refractivity contribution in [3.05, 3.63) is 46.6 Å². The molecule has 1 rings (SSSR count). The maximum Gasteiger partial charge on any atom is 0.443 e. The Hall–Kier alpha value is -2.35. The van der Waals surface area contributed by atoms with E-state index >= 15 is 0 Å². The molecule has 0 aliphatic rings. The number of benzene rings is 1. The molecule has 0 aromatic heterocycles. The van der Waals surface area contributed by atoms with E-state index in [4.69, 9.17) is 10.1 Å². The molecule has 0 spiro atoms. The molecule has 0 fully saturated rings.